The molecule has 0 spiro atoms. The van der Waals surface area contributed by atoms with Crippen molar-refractivity contribution in [2.45, 2.75) is 322 Å². The third-order valence-electron chi connectivity index (χ3n) is 16.1. The number of ether oxygens (including phenoxy) is 4. The maximum atomic E-state index is 13.0. The number of carbonyl (C=O) groups is 3. The van der Waals surface area contributed by atoms with Crippen LogP contribution in [-0.2, 0) is 33.3 Å². The van der Waals surface area contributed by atoms with Gasteiger partial charge in [0.1, 0.15) is 13.2 Å². The molecule has 0 heterocycles. The first-order chi connectivity index (χ1) is 45.6. The number of carboxylic acid groups (broad SMARTS) is 1. The molecule has 2 unspecified atom stereocenters. The topological polar surface area (TPSA) is 108 Å². The summed E-state index contributed by atoms with van der Waals surface area (Å²) >= 11 is 0. The van der Waals surface area contributed by atoms with Gasteiger partial charge in [-0.05, 0) is 116 Å². The molecule has 0 amide bonds. The monoisotopic (exact) mass is 1290 g/mol. The average molecular weight is 1290 g/mol. The standard InChI is InChI=1S/C84H141NO8/c1-6-8-10-12-14-16-18-20-22-24-26-28-30-32-34-36-38-40-41-43-44-46-48-50-52-54-56-58-60-62-64-66-68-70-72-74-81(86)91-78-80(79-92-84(83(88)89)90-77-76-85(3,4)5)93-82(87)75-73-71-69-67-65-63-61-59-57-55-53-51-49-47-45-42-39-37-35-33-31-29-27-25-23-21-19-17-15-13-11-9-7-2/h8-11,14-17,20-23,26-29,33,35,39,42,47,49,53,55,80,84H,6-7,12-13,18-19,24-25,30-32,34,36-38,40-41,43-46,48,50-52,54,56-79H2,1-5H3/p+1/b10-8-,11-9-,16-14-,17-15-,22-20-,23-21-,28-26-,29-27-,35-33-,42-39-,49-47-,55-53-. The Kier molecular flexibility index (Phi) is 69.2. The van der Waals surface area contributed by atoms with Crippen molar-refractivity contribution >= 4 is 17.9 Å². The van der Waals surface area contributed by atoms with Crippen molar-refractivity contribution in [2.24, 2.45) is 0 Å². The summed E-state index contributed by atoms with van der Waals surface area (Å²) in [5, 5.41) is 9.77. The molecule has 93 heavy (non-hydrogen) atoms. The third-order valence-corrected chi connectivity index (χ3v) is 16.1. The summed E-state index contributed by atoms with van der Waals surface area (Å²) in [5.74, 6) is -2.01. The number of esters is 2. The molecule has 0 aliphatic heterocycles. The number of rotatable bonds is 69. The maximum absolute atomic E-state index is 13.0. The van der Waals surface area contributed by atoms with Crippen LogP contribution in [0.15, 0.2) is 146 Å². The SMILES string of the molecule is CC/C=C\C/C=C\C/C=C\C/C=C\C/C=C\C/C=C\C/C=C\C/C=C\CCCCCCCCCCC(=O)OC(COC(=O)CCCCCCCCCCCCCCCCCCCCCCCC/C=C\C/C=C\C/C=C\C/C=C\CC)COC(OCC[N+](C)(C)C)C(=O)O. The fourth-order valence-corrected chi connectivity index (χ4v) is 10.4. The second-order valence-corrected chi connectivity index (χ2v) is 26.2. The molecule has 2 atom stereocenters. The summed E-state index contributed by atoms with van der Waals surface area (Å²) in [7, 11) is 5.98. The summed E-state index contributed by atoms with van der Waals surface area (Å²) in [6.07, 6.45) is 104. The highest BCUT2D eigenvalue weighted by Gasteiger charge is 2.25. The summed E-state index contributed by atoms with van der Waals surface area (Å²) in [5.41, 5.74) is 0. The number of hydrogen-bond donors (Lipinski definition) is 1. The van der Waals surface area contributed by atoms with Gasteiger partial charge in [0, 0.05) is 12.8 Å². The molecule has 0 saturated carbocycles. The van der Waals surface area contributed by atoms with E-state index in [0.717, 1.165) is 122 Å². The van der Waals surface area contributed by atoms with Crippen LogP contribution < -0.4 is 0 Å². The van der Waals surface area contributed by atoms with Crippen molar-refractivity contribution in [3.63, 3.8) is 0 Å². The molecule has 9 heteroatoms. The maximum Gasteiger partial charge on any atom is 0.361 e. The lowest BCUT2D eigenvalue weighted by molar-refractivity contribution is -0.870. The molecule has 0 fully saturated rings. The molecule has 0 aromatic rings. The molecule has 0 aliphatic carbocycles. The second kappa shape index (κ2) is 73.0. The first-order valence-electron chi connectivity index (χ1n) is 38.0. The second-order valence-electron chi connectivity index (χ2n) is 26.2. The van der Waals surface area contributed by atoms with E-state index in [-0.39, 0.29) is 32.2 Å². The van der Waals surface area contributed by atoms with E-state index < -0.39 is 24.3 Å². The van der Waals surface area contributed by atoms with Gasteiger partial charge in [-0.3, -0.25) is 9.59 Å². The number of hydrogen-bond acceptors (Lipinski definition) is 7. The Morgan fingerprint density at radius 1 is 0.323 bits per heavy atom. The molecular weight excluding hydrogens is 1150 g/mol. The zero-order valence-electron chi connectivity index (χ0n) is 60.6. The Labute approximate surface area is 572 Å². The van der Waals surface area contributed by atoms with Gasteiger partial charge < -0.3 is 28.5 Å². The summed E-state index contributed by atoms with van der Waals surface area (Å²) in [4.78, 5) is 37.7. The van der Waals surface area contributed by atoms with Crippen LogP contribution in [0.5, 0.6) is 0 Å². The number of unbranched alkanes of at least 4 members (excludes halogenated alkanes) is 30. The highest BCUT2D eigenvalue weighted by atomic mass is 16.7. The van der Waals surface area contributed by atoms with Crippen LogP contribution in [0.2, 0.25) is 0 Å². The Balaban J connectivity index is 4.10. The minimum absolute atomic E-state index is 0.181. The number of nitrogens with zero attached hydrogens (tertiary/aromatic N) is 1. The van der Waals surface area contributed by atoms with Gasteiger partial charge in [0.2, 0.25) is 0 Å². The predicted octanol–water partition coefficient (Wildman–Crippen LogP) is 24.3. The largest absolute Gasteiger partial charge is 0.477 e. The molecule has 0 aromatic carbocycles. The van der Waals surface area contributed by atoms with Crippen LogP contribution in [0.4, 0.5) is 0 Å². The van der Waals surface area contributed by atoms with Gasteiger partial charge in [-0.15, -0.1) is 0 Å². The minimum atomic E-state index is -1.52. The van der Waals surface area contributed by atoms with Crippen LogP contribution in [0.3, 0.4) is 0 Å². The normalized spacial score (nSPS) is 13.5. The molecule has 1 N–H and O–H groups in total. The van der Waals surface area contributed by atoms with E-state index >= 15 is 0 Å². The molecule has 0 radical (unpaired) electrons. The lowest BCUT2D eigenvalue weighted by atomic mass is 10.0. The Bertz CT molecular complexity index is 2040. The van der Waals surface area contributed by atoms with E-state index in [1.54, 1.807) is 0 Å². The average Bonchev–Trinajstić information content (AvgIpc) is 3.74. The number of quaternary nitrogens is 1. The van der Waals surface area contributed by atoms with E-state index in [1.807, 2.05) is 21.1 Å². The van der Waals surface area contributed by atoms with Crippen LogP contribution in [0.25, 0.3) is 0 Å². The molecule has 530 valence electrons. The molecule has 0 aliphatic rings. The lowest BCUT2D eigenvalue weighted by Gasteiger charge is -2.25. The number of allylic oxidation sites excluding steroid dienone is 24. The molecule has 0 rings (SSSR count). The van der Waals surface area contributed by atoms with E-state index in [9.17, 15) is 19.5 Å². The van der Waals surface area contributed by atoms with Crippen LogP contribution >= 0.6 is 0 Å². The van der Waals surface area contributed by atoms with E-state index in [4.69, 9.17) is 18.9 Å². The Morgan fingerprint density at radius 3 is 0.860 bits per heavy atom. The van der Waals surface area contributed by atoms with Crippen molar-refractivity contribution in [3.05, 3.63) is 146 Å². The van der Waals surface area contributed by atoms with E-state index in [0.29, 0.717) is 23.9 Å². The molecule has 0 saturated heterocycles. The summed E-state index contributed by atoms with van der Waals surface area (Å²) in [6, 6.07) is 0. The van der Waals surface area contributed by atoms with Gasteiger partial charge in [0.05, 0.1) is 34.4 Å². The van der Waals surface area contributed by atoms with Crippen LogP contribution in [0, 0.1) is 0 Å². The van der Waals surface area contributed by atoms with Gasteiger partial charge in [-0.2, -0.15) is 0 Å². The molecular formula is C84H142NO8+. The molecule has 0 aromatic heterocycles. The first-order valence-corrected chi connectivity index (χ1v) is 38.0. The number of likely N-dealkylation sites (N-methyl/N-ethyl adjacent to an activating group) is 1. The van der Waals surface area contributed by atoms with Crippen molar-refractivity contribution in [1.82, 2.24) is 0 Å². The van der Waals surface area contributed by atoms with E-state index in [1.165, 1.54) is 154 Å². The van der Waals surface area contributed by atoms with Crippen molar-refractivity contribution in [2.75, 3.05) is 47.5 Å². The van der Waals surface area contributed by atoms with Crippen molar-refractivity contribution < 1.29 is 42.9 Å². The molecule has 9 nitrogen and oxygen atoms in total. The fourth-order valence-electron chi connectivity index (χ4n) is 10.4. The zero-order valence-corrected chi connectivity index (χ0v) is 60.6. The van der Waals surface area contributed by atoms with Gasteiger partial charge in [0.25, 0.3) is 6.29 Å². The highest BCUT2D eigenvalue weighted by Crippen LogP contribution is 2.18. The van der Waals surface area contributed by atoms with Crippen molar-refractivity contribution in [1.29, 1.82) is 0 Å². The third kappa shape index (κ3) is 74.4. The lowest BCUT2D eigenvalue weighted by Crippen LogP contribution is -2.40. The quantitative estimate of drug-likeness (QED) is 0.0211. The molecule has 0 bridgehead atoms. The van der Waals surface area contributed by atoms with E-state index in [2.05, 4.69) is 160 Å². The smallest absolute Gasteiger partial charge is 0.361 e. The Morgan fingerprint density at radius 2 is 0.581 bits per heavy atom. The van der Waals surface area contributed by atoms with Gasteiger partial charge in [-0.1, -0.05) is 327 Å². The summed E-state index contributed by atoms with van der Waals surface area (Å²) in [6.45, 7) is 4.66. The number of carbonyl (C=O) groups excluding carboxylic acids is 2. The van der Waals surface area contributed by atoms with Gasteiger partial charge in [-0.25, -0.2) is 4.79 Å². The minimum Gasteiger partial charge on any atom is -0.477 e. The van der Waals surface area contributed by atoms with Crippen LogP contribution in [0.1, 0.15) is 309 Å². The first kappa shape index (κ1) is 88.2. The number of aliphatic carboxylic acids is 1. The Hall–Kier alpha value is -4.83. The summed E-state index contributed by atoms with van der Waals surface area (Å²) < 4.78 is 23.0. The van der Waals surface area contributed by atoms with Crippen LogP contribution in [-0.4, -0.2) is 87.4 Å². The van der Waals surface area contributed by atoms with Gasteiger partial charge >= 0.3 is 17.9 Å². The number of carboxylic acids is 1. The van der Waals surface area contributed by atoms with Gasteiger partial charge in [0.15, 0.2) is 6.10 Å². The fraction of sp³-hybridized carbons (Fsp3) is 0.679. The van der Waals surface area contributed by atoms with Crippen molar-refractivity contribution in [3.8, 4) is 0 Å². The predicted molar refractivity (Wildman–Crippen MR) is 400 cm³/mol. The zero-order chi connectivity index (χ0) is 67.5. The highest BCUT2D eigenvalue weighted by molar-refractivity contribution is 5.71.